The average Bonchev–Trinajstić information content (AvgIpc) is 3.30. The molecule has 0 spiro atoms. The predicted octanol–water partition coefficient (Wildman–Crippen LogP) is 2.47. The Kier molecular flexibility index (Phi) is 3.89. The number of hydrogen-bond acceptors (Lipinski definition) is 5. The van der Waals surface area contributed by atoms with E-state index >= 15 is 0 Å². The Balaban J connectivity index is 1.82. The van der Waals surface area contributed by atoms with Crippen LogP contribution in [0.25, 0.3) is 10.9 Å². The van der Waals surface area contributed by atoms with Crippen LogP contribution in [0.2, 0.25) is 0 Å². The van der Waals surface area contributed by atoms with Gasteiger partial charge in [-0.2, -0.15) is 5.10 Å². The van der Waals surface area contributed by atoms with Crippen LogP contribution in [-0.2, 0) is 13.5 Å². The van der Waals surface area contributed by atoms with E-state index in [4.69, 9.17) is 4.74 Å². The Hall–Kier alpha value is -3.22. The van der Waals surface area contributed by atoms with Crippen molar-refractivity contribution in [3.63, 3.8) is 0 Å². The van der Waals surface area contributed by atoms with Gasteiger partial charge < -0.3 is 9.72 Å². The van der Waals surface area contributed by atoms with E-state index in [9.17, 15) is 0 Å². The van der Waals surface area contributed by atoms with Crippen molar-refractivity contribution in [3.05, 3.63) is 66.1 Å². The van der Waals surface area contributed by atoms with E-state index in [1.165, 1.54) is 5.56 Å². The number of H-pyrrole nitrogens is 1. The number of rotatable bonds is 5. The Bertz CT molecular complexity index is 992. The summed E-state index contributed by atoms with van der Waals surface area (Å²) in [5.74, 6) is 0.0706. The van der Waals surface area contributed by atoms with E-state index in [0.29, 0.717) is 12.4 Å². The van der Waals surface area contributed by atoms with Crippen molar-refractivity contribution >= 4 is 10.9 Å². The molecule has 3 aromatic heterocycles. The summed E-state index contributed by atoms with van der Waals surface area (Å²) in [6.45, 7) is 0. The van der Waals surface area contributed by atoms with Gasteiger partial charge in [-0.15, -0.1) is 0 Å². The van der Waals surface area contributed by atoms with Gasteiger partial charge in [0.05, 0.1) is 25.2 Å². The molecule has 25 heavy (non-hydrogen) atoms. The largest absolute Gasteiger partial charge is 0.467 e. The van der Waals surface area contributed by atoms with Gasteiger partial charge in [-0.25, -0.2) is 15.0 Å². The number of imidazole rings is 1. The first-order valence-corrected chi connectivity index (χ1v) is 8.01. The molecule has 126 valence electrons. The maximum absolute atomic E-state index is 5.15. The second-order valence-electron chi connectivity index (χ2n) is 5.85. The normalized spacial score (nSPS) is 12.4. The lowest BCUT2D eigenvalue weighted by Crippen LogP contribution is -2.09. The SMILES string of the molecule is COc1nccc(CC(c2cnc[nH]2)c2cccc3cnn(C)c23)n1. The number of ether oxygens (including phenoxy) is 1. The molecule has 4 rings (SSSR count). The Morgan fingerprint density at radius 2 is 2.16 bits per heavy atom. The summed E-state index contributed by atoms with van der Waals surface area (Å²) in [7, 11) is 3.53. The van der Waals surface area contributed by atoms with Crippen molar-refractivity contribution in [2.45, 2.75) is 12.3 Å². The number of hydrogen-bond donors (Lipinski definition) is 1. The summed E-state index contributed by atoms with van der Waals surface area (Å²) in [6, 6.07) is 8.55. The maximum Gasteiger partial charge on any atom is 0.316 e. The van der Waals surface area contributed by atoms with Gasteiger partial charge in [0.25, 0.3) is 0 Å². The molecule has 7 heteroatoms. The minimum atomic E-state index is 0.0706. The van der Waals surface area contributed by atoms with Crippen molar-refractivity contribution in [1.82, 2.24) is 29.7 Å². The van der Waals surface area contributed by atoms with Gasteiger partial charge in [0.15, 0.2) is 0 Å². The molecule has 0 saturated carbocycles. The molecule has 0 bridgehead atoms. The molecule has 1 aromatic carbocycles. The van der Waals surface area contributed by atoms with Gasteiger partial charge in [-0.05, 0) is 11.6 Å². The van der Waals surface area contributed by atoms with E-state index in [1.807, 2.05) is 30.2 Å². The van der Waals surface area contributed by atoms with Gasteiger partial charge in [0.2, 0.25) is 0 Å². The number of methoxy groups -OCH3 is 1. The van der Waals surface area contributed by atoms with Crippen LogP contribution in [0, 0.1) is 0 Å². The number of fused-ring (bicyclic) bond motifs is 1. The molecular formula is C18H18N6O. The summed E-state index contributed by atoms with van der Waals surface area (Å²) in [5, 5.41) is 5.52. The van der Waals surface area contributed by atoms with Gasteiger partial charge in [0, 0.05) is 48.6 Å². The summed E-state index contributed by atoms with van der Waals surface area (Å²) in [5.41, 5.74) is 4.24. The van der Waals surface area contributed by atoms with E-state index < -0.39 is 0 Å². The molecule has 0 aliphatic heterocycles. The van der Waals surface area contributed by atoms with Crippen molar-refractivity contribution in [1.29, 1.82) is 0 Å². The molecule has 1 atom stereocenters. The third kappa shape index (κ3) is 2.84. The molecule has 0 aliphatic rings. The van der Waals surface area contributed by atoms with Gasteiger partial charge in [-0.3, -0.25) is 4.68 Å². The van der Waals surface area contributed by atoms with Gasteiger partial charge in [0.1, 0.15) is 0 Å². The zero-order valence-corrected chi connectivity index (χ0v) is 14.0. The number of aromatic nitrogens is 6. The number of nitrogens with one attached hydrogen (secondary N) is 1. The summed E-state index contributed by atoms with van der Waals surface area (Å²) >= 11 is 0. The summed E-state index contributed by atoms with van der Waals surface area (Å²) in [4.78, 5) is 16.0. The Morgan fingerprint density at radius 3 is 2.96 bits per heavy atom. The Labute approximate surface area is 144 Å². The number of aryl methyl sites for hydroxylation is 1. The molecule has 3 heterocycles. The molecule has 0 amide bonds. The van der Waals surface area contributed by atoms with Gasteiger partial charge in [-0.1, -0.05) is 18.2 Å². The third-order valence-corrected chi connectivity index (χ3v) is 4.35. The van der Waals surface area contributed by atoms with Crippen molar-refractivity contribution < 1.29 is 4.74 Å². The number of aromatic amines is 1. The fourth-order valence-corrected chi connectivity index (χ4v) is 3.19. The monoisotopic (exact) mass is 334 g/mol. The van der Waals surface area contributed by atoms with E-state index in [-0.39, 0.29) is 5.92 Å². The van der Waals surface area contributed by atoms with Crippen LogP contribution in [-0.4, -0.2) is 36.8 Å². The van der Waals surface area contributed by atoms with E-state index in [1.54, 1.807) is 19.6 Å². The highest BCUT2D eigenvalue weighted by atomic mass is 16.5. The second kappa shape index (κ2) is 6.35. The fourth-order valence-electron chi connectivity index (χ4n) is 3.19. The predicted molar refractivity (Wildman–Crippen MR) is 93.4 cm³/mol. The third-order valence-electron chi connectivity index (χ3n) is 4.35. The van der Waals surface area contributed by atoms with Crippen LogP contribution >= 0.6 is 0 Å². The van der Waals surface area contributed by atoms with Crippen molar-refractivity contribution in [2.75, 3.05) is 7.11 Å². The van der Waals surface area contributed by atoms with Crippen molar-refractivity contribution in [2.24, 2.45) is 7.05 Å². The first-order chi connectivity index (χ1) is 12.3. The lowest BCUT2D eigenvalue weighted by molar-refractivity contribution is 0.377. The maximum atomic E-state index is 5.15. The number of para-hydroxylation sites is 1. The molecule has 1 unspecified atom stereocenters. The standard InChI is InChI=1S/C18H18N6O/c1-24-17-12(9-22-24)4-3-5-14(17)15(16-10-19-11-21-16)8-13-6-7-20-18(23-13)25-2/h3-7,9-11,15H,8H2,1-2H3,(H,19,21). The first-order valence-electron chi connectivity index (χ1n) is 8.01. The topological polar surface area (TPSA) is 81.5 Å². The highest BCUT2D eigenvalue weighted by Crippen LogP contribution is 2.32. The lowest BCUT2D eigenvalue weighted by Gasteiger charge is -2.17. The number of benzene rings is 1. The second-order valence-corrected chi connectivity index (χ2v) is 5.85. The summed E-state index contributed by atoms with van der Waals surface area (Å²) < 4.78 is 7.06. The first kappa shape index (κ1) is 15.3. The molecule has 0 fully saturated rings. The lowest BCUT2D eigenvalue weighted by atomic mass is 9.90. The Morgan fingerprint density at radius 1 is 1.24 bits per heavy atom. The minimum absolute atomic E-state index is 0.0706. The highest BCUT2D eigenvalue weighted by Gasteiger charge is 2.21. The quantitative estimate of drug-likeness (QED) is 0.606. The zero-order chi connectivity index (χ0) is 17.2. The van der Waals surface area contributed by atoms with E-state index in [2.05, 4.69) is 43.2 Å². The minimum Gasteiger partial charge on any atom is -0.467 e. The smallest absolute Gasteiger partial charge is 0.316 e. The van der Waals surface area contributed by atoms with Crippen LogP contribution in [0.4, 0.5) is 0 Å². The van der Waals surface area contributed by atoms with E-state index in [0.717, 1.165) is 22.3 Å². The highest BCUT2D eigenvalue weighted by molar-refractivity contribution is 5.82. The van der Waals surface area contributed by atoms with Gasteiger partial charge >= 0.3 is 6.01 Å². The fraction of sp³-hybridized carbons (Fsp3) is 0.222. The molecule has 4 aromatic rings. The van der Waals surface area contributed by atoms with Crippen LogP contribution in [0.3, 0.4) is 0 Å². The van der Waals surface area contributed by atoms with Crippen LogP contribution in [0.15, 0.2) is 49.2 Å². The van der Waals surface area contributed by atoms with Crippen LogP contribution in [0.1, 0.15) is 22.9 Å². The summed E-state index contributed by atoms with van der Waals surface area (Å²) in [6.07, 6.45) is 7.86. The molecule has 1 N–H and O–H groups in total. The molecule has 0 aliphatic carbocycles. The van der Waals surface area contributed by atoms with Crippen LogP contribution in [0.5, 0.6) is 6.01 Å². The van der Waals surface area contributed by atoms with Crippen molar-refractivity contribution in [3.8, 4) is 6.01 Å². The molecule has 0 radical (unpaired) electrons. The molecule has 7 nitrogen and oxygen atoms in total. The van der Waals surface area contributed by atoms with Crippen LogP contribution < -0.4 is 4.74 Å². The average molecular weight is 334 g/mol. The number of nitrogens with zero attached hydrogens (tertiary/aromatic N) is 5. The zero-order valence-electron chi connectivity index (χ0n) is 14.0. The molecule has 0 saturated heterocycles. The molecular weight excluding hydrogens is 316 g/mol.